The lowest BCUT2D eigenvalue weighted by molar-refractivity contribution is 0.482. The molecule has 0 aliphatic heterocycles. The van der Waals surface area contributed by atoms with Crippen molar-refractivity contribution < 1.29 is 31.0 Å². The molecule has 0 aliphatic carbocycles. The number of phenolic OH excluding ortho intramolecular Hbond substituents is 1. The summed E-state index contributed by atoms with van der Waals surface area (Å²) < 4.78 is 68.1. The molecule has 0 saturated carbocycles. The largest absolute Gasteiger partial charge is 0.505 e. The number of fused-ring (bicyclic) bond motifs is 2. The molecule has 0 atom stereocenters. The number of aryl methyl sites for hydroxylation is 4. The van der Waals surface area contributed by atoms with Gasteiger partial charge in [-0.2, -0.15) is 37.3 Å². The first kappa shape index (κ1) is 39.5. The molecule has 7 aromatic rings. The van der Waals surface area contributed by atoms with Gasteiger partial charge in [0.25, 0.3) is 20.2 Å². The molecule has 0 unspecified atom stereocenters. The maximum absolute atomic E-state index is 12.2. The first-order valence-electron chi connectivity index (χ1n) is 17.6. The van der Waals surface area contributed by atoms with Crippen molar-refractivity contribution in [1.82, 2.24) is 0 Å². The van der Waals surface area contributed by atoms with Crippen molar-refractivity contribution in [2.24, 2.45) is 30.7 Å². The predicted octanol–water partition coefficient (Wildman–Crippen LogP) is 12.4. The highest BCUT2D eigenvalue weighted by molar-refractivity contribution is 7.86. The molecular formula is C42H35N7O7S2. The van der Waals surface area contributed by atoms with E-state index in [0.29, 0.717) is 45.0 Å². The van der Waals surface area contributed by atoms with Crippen LogP contribution in [0.4, 0.5) is 45.5 Å². The number of aromatic hydroxyl groups is 1. The van der Waals surface area contributed by atoms with E-state index in [1.807, 2.05) is 80.6 Å². The highest BCUT2D eigenvalue weighted by atomic mass is 32.2. The molecule has 0 fully saturated rings. The molecule has 0 aromatic heterocycles. The number of hydrogen-bond acceptors (Lipinski definition) is 12. The fourth-order valence-electron chi connectivity index (χ4n) is 6.25. The molecule has 58 heavy (non-hydrogen) atoms. The average molecular weight is 814 g/mol. The van der Waals surface area contributed by atoms with Crippen molar-refractivity contribution in [3.63, 3.8) is 0 Å². The second kappa shape index (κ2) is 15.7. The molecule has 0 radical (unpaired) electrons. The third kappa shape index (κ3) is 8.50. The summed E-state index contributed by atoms with van der Waals surface area (Å²) in [4.78, 5) is -1.05. The van der Waals surface area contributed by atoms with Crippen molar-refractivity contribution in [2.45, 2.75) is 37.5 Å². The van der Waals surface area contributed by atoms with E-state index in [2.05, 4.69) is 36.0 Å². The Balaban J connectivity index is 1.10. The van der Waals surface area contributed by atoms with Crippen molar-refractivity contribution >= 4 is 87.3 Å². The van der Waals surface area contributed by atoms with Gasteiger partial charge in [-0.05, 0) is 140 Å². The van der Waals surface area contributed by atoms with Gasteiger partial charge in [-0.25, -0.2) is 0 Å². The monoisotopic (exact) mass is 813 g/mol. The normalized spacial score (nSPS) is 12.4. The van der Waals surface area contributed by atoms with Crippen LogP contribution < -0.4 is 5.32 Å². The zero-order valence-corrected chi connectivity index (χ0v) is 33.1. The lowest BCUT2D eigenvalue weighted by atomic mass is 10.1. The maximum atomic E-state index is 12.2. The Labute approximate surface area is 333 Å². The molecule has 0 saturated heterocycles. The molecule has 0 heterocycles. The predicted molar refractivity (Wildman–Crippen MR) is 223 cm³/mol. The fraction of sp³-hybridized carbons (Fsp3) is 0.0952. The summed E-state index contributed by atoms with van der Waals surface area (Å²) in [6, 6.07) is 32.3. The smallest absolute Gasteiger partial charge is 0.296 e. The summed E-state index contributed by atoms with van der Waals surface area (Å²) in [5.41, 5.74) is 6.77. The fourth-order valence-corrected chi connectivity index (χ4v) is 7.59. The SMILES string of the molecule is Cc1cc(N=Nc2cc3c(S(=O)(=O)O)cccc3cc2S(=O)(=O)O)c(C)cc1N=Nc1cc(C)c(N=Nc2ccc3cc(Nc4ccccc4)ccc3c2O)cc1C. The van der Waals surface area contributed by atoms with Crippen LogP contribution in [0, 0.1) is 27.7 Å². The number of benzene rings is 7. The zero-order valence-electron chi connectivity index (χ0n) is 31.4. The molecule has 16 heteroatoms. The average Bonchev–Trinajstić information content (AvgIpc) is 3.17. The van der Waals surface area contributed by atoms with Gasteiger partial charge in [-0.3, -0.25) is 9.11 Å². The molecule has 14 nitrogen and oxygen atoms in total. The number of azo groups is 3. The number of phenols is 1. The van der Waals surface area contributed by atoms with Gasteiger partial charge >= 0.3 is 0 Å². The minimum absolute atomic E-state index is 0.00697. The minimum atomic E-state index is -4.80. The van der Waals surface area contributed by atoms with E-state index >= 15 is 0 Å². The third-order valence-corrected chi connectivity index (χ3v) is 11.1. The van der Waals surface area contributed by atoms with Gasteiger partial charge in [0, 0.05) is 22.1 Å². The van der Waals surface area contributed by atoms with E-state index in [9.17, 15) is 31.0 Å². The molecular weight excluding hydrogens is 779 g/mol. The van der Waals surface area contributed by atoms with Crippen LogP contribution in [0.3, 0.4) is 0 Å². The van der Waals surface area contributed by atoms with Crippen LogP contribution in [0.15, 0.2) is 156 Å². The van der Waals surface area contributed by atoms with Gasteiger partial charge in [0.1, 0.15) is 21.2 Å². The Morgan fingerprint density at radius 2 is 0.931 bits per heavy atom. The van der Waals surface area contributed by atoms with E-state index in [1.165, 1.54) is 12.1 Å². The van der Waals surface area contributed by atoms with Crippen LogP contribution in [-0.4, -0.2) is 31.0 Å². The molecule has 4 N–H and O–H groups in total. The second-order valence-electron chi connectivity index (χ2n) is 13.6. The number of para-hydroxylation sites is 1. The van der Waals surface area contributed by atoms with Crippen LogP contribution in [0.2, 0.25) is 0 Å². The van der Waals surface area contributed by atoms with Gasteiger partial charge in [0.15, 0.2) is 5.75 Å². The van der Waals surface area contributed by atoms with Gasteiger partial charge in [-0.1, -0.05) is 36.4 Å². The molecule has 0 aliphatic rings. The zero-order chi connectivity index (χ0) is 41.4. The number of hydrogen-bond donors (Lipinski definition) is 4. The summed E-state index contributed by atoms with van der Waals surface area (Å²) in [7, 11) is -9.46. The Morgan fingerprint density at radius 3 is 1.47 bits per heavy atom. The lowest BCUT2D eigenvalue weighted by Gasteiger charge is -2.09. The van der Waals surface area contributed by atoms with Gasteiger partial charge in [-0.15, -0.1) is 10.2 Å². The lowest BCUT2D eigenvalue weighted by Crippen LogP contribution is -2.01. The number of anilines is 2. The summed E-state index contributed by atoms with van der Waals surface area (Å²) in [5.74, 6) is 0.0243. The van der Waals surface area contributed by atoms with Crippen LogP contribution in [-0.2, 0) is 20.2 Å². The highest BCUT2D eigenvalue weighted by Gasteiger charge is 2.21. The van der Waals surface area contributed by atoms with E-state index in [1.54, 1.807) is 32.0 Å². The summed E-state index contributed by atoms with van der Waals surface area (Å²) >= 11 is 0. The van der Waals surface area contributed by atoms with Crippen LogP contribution in [0.25, 0.3) is 21.5 Å². The summed E-state index contributed by atoms with van der Waals surface area (Å²) in [6.45, 7) is 7.27. The molecule has 7 aromatic carbocycles. The van der Waals surface area contributed by atoms with E-state index < -0.39 is 30.0 Å². The number of nitrogens with one attached hydrogen (secondary N) is 1. The minimum Gasteiger partial charge on any atom is -0.505 e. The van der Waals surface area contributed by atoms with E-state index in [4.69, 9.17) is 0 Å². The summed E-state index contributed by atoms with van der Waals surface area (Å²) in [5, 5.41) is 42.0. The van der Waals surface area contributed by atoms with E-state index in [0.717, 1.165) is 46.1 Å². The highest BCUT2D eigenvalue weighted by Crippen LogP contribution is 2.39. The molecule has 0 spiro atoms. The molecule has 0 bridgehead atoms. The topological polar surface area (TPSA) is 215 Å². The molecule has 292 valence electrons. The maximum Gasteiger partial charge on any atom is 0.296 e. The Bertz CT molecular complexity index is 3100. The van der Waals surface area contributed by atoms with Crippen molar-refractivity contribution in [3.05, 3.63) is 138 Å². The number of nitrogens with zero attached hydrogens (tertiary/aromatic N) is 6. The standard InChI is InChI=1S/C42H35N7O7S2/c1-24-18-36(25(2)17-35(24)45-44-34-16-13-29-21-31(14-15-32(29)42(34)50)43-30-10-6-5-7-11-30)46-47-37-19-27(4)38(20-26(37)3)48-49-39-23-33-28(22-41(39)58(54,55)56)9-8-12-40(33)57(51,52)53/h5-23,43,50H,1-4H3,(H,51,52,53)(H,54,55,56). The van der Waals surface area contributed by atoms with Crippen LogP contribution >= 0.6 is 0 Å². The van der Waals surface area contributed by atoms with Gasteiger partial charge in [0.2, 0.25) is 0 Å². The summed E-state index contributed by atoms with van der Waals surface area (Å²) in [6.07, 6.45) is 0. The third-order valence-electron chi connectivity index (χ3n) is 9.33. The quantitative estimate of drug-likeness (QED) is 0.0767. The van der Waals surface area contributed by atoms with Crippen molar-refractivity contribution in [1.29, 1.82) is 0 Å². The van der Waals surface area contributed by atoms with Crippen molar-refractivity contribution in [2.75, 3.05) is 5.32 Å². The first-order chi connectivity index (χ1) is 27.5. The Hall–Kier alpha value is -6.72. The van der Waals surface area contributed by atoms with Crippen LogP contribution in [0.1, 0.15) is 22.3 Å². The first-order valence-corrected chi connectivity index (χ1v) is 20.5. The molecule has 7 rings (SSSR count). The van der Waals surface area contributed by atoms with Gasteiger partial charge in [0.05, 0.1) is 22.7 Å². The van der Waals surface area contributed by atoms with E-state index in [-0.39, 0.29) is 22.2 Å². The van der Waals surface area contributed by atoms with Crippen LogP contribution in [0.5, 0.6) is 5.75 Å². The molecule has 0 amide bonds. The van der Waals surface area contributed by atoms with Gasteiger partial charge < -0.3 is 10.4 Å². The Kier molecular flexibility index (Phi) is 10.7. The second-order valence-corrected chi connectivity index (χ2v) is 16.3. The number of rotatable bonds is 10. The Morgan fingerprint density at radius 1 is 0.431 bits per heavy atom. The van der Waals surface area contributed by atoms with Crippen molar-refractivity contribution in [3.8, 4) is 5.75 Å².